The Morgan fingerprint density at radius 3 is 2.50 bits per heavy atom. The Hall–Kier alpha value is -3.25. The maximum absolute atomic E-state index is 8.65. The second kappa shape index (κ2) is 9.55. The lowest BCUT2D eigenvalue weighted by Gasteiger charge is -2.31. The van der Waals surface area contributed by atoms with Crippen molar-refractivity contribution in [1.29, 1.82) is 5.41 Å². The molecule has 0 amide bonds. The molecule has 5 rings (SSSR count). The first-order valence-corrected chi connectivity index (χ1v) is 12.9. The van der Waals surface area contributed by atoms with Crippen LogP contribution < -0.4 is 10.6 Å². The maximum atomic E-state index is 8.65. The van der Waals surface area contributed by atoms with Gasteiger partial charge in [0, 0.05) is 23.7 Å². The predicted molar refractivity (Wildman–Crippen MR) is 144 cm³/mol. The lowest BCUT2D eigenvalue weighted by atomic mass is 9.71. The molecule has 3 N–H and O–H groups in total. The van der Waals surface area contributed by atoms with E-state index in [1.807, 2.05) is 6.07 Å². The molecule has 0 saturated heterocycles. The Kier molecular flexibility index (Phi) is 6.33. The summed E-state index contributed by atoms with van der Waals surface area (Å²) in [5.41, 5.74) is 12.0. The number of nitrogens with zero attached hydrogens (tertiary/aromatic N) is 3. The van der Waals surface area contributed by atoms with Crippen LogP contribution >= 0.6 is 11.3 Å². The van der Waals surface area contributed by atoms with Crippen molar-refractivity contribution in [2.24, 2.45) is 10.9 Å². The maximum Gasteiger partial charge on any atom is 0.192 e. The van der Waals surface area contributed by atoms with Crippen LogP contribution in [0.3, 0.4) is 0 Å². The quantitative estimate of drug-likeness (QED) is 0.393. The molecular formula is C28H31N5S. The number of benzene rings is 2. The molecule has 0 bridgehead atoms. The van der Waals surface area contributed by atoms with Crippen molar-refractivity contribution in [2.75, 3.05) is 17.2 Å². The molecule has 0 radical (unpaired) electrons. The molecule has 0 fully saturated rings. The predicted octanol–water partition coefficient (Wildman–Crippen LogP) is 6.95. The van der Waals surface area contributed by atoms with Crippen molar-refractivity contribution in [2.45, 2.75) is 45.4 Å². The fraction of sp³-hybridized carbons (Fsp3) is 0.321. The molecule has 1 aliphatic heterocycles. The number of nitrogens with one attached hydrogen (secondary N) is 1. The molecule has 2 aromatic carbocycles. The van der Waals surface area contributed by atoms with E-state index in [2.05, 4.69) is 73.3 Å². The average molecular weight is 470 g/mol. The summed E-state index contributed by atoms with van der Waals surface area (Å²) < 4.78 is 0. The van der Waals surface area contributed by atoms with Gasteiger partial charge in [0.15, 0.2) is 5.13 Å². The molecule has 34 heavy (non-hydrogen) atoms. The van der Waals surface area contributed by atoms with E-state index in [4.69, 9.17) is 21.1 Å². The topological polar surface area (TPSA) is 78.4 Å². The molecule has 1 aliphatic carbocycles. The van der Waals surface area contributed by atoms with E-state index in [0.29, 0.717) is 17.6 Å². The summed E-state index contributed by atoms with van der Waals surface area (Å²) in [4.78, 5) is 12.7. The van der Waals surface area contributed by atoms with Gasteiger partial charge in [-0.25, -0.2) is 9.98 Å². The largest absolute Gasteiger partial charge is 0.382 e. The second-order valence-electron chi connectivity index (χ2n) is 9.16. The number of aromatic nitrogens is 1. The van der Waals surface area contributed by atoms with Gasteiger partial charge in [-0.15, -0.1) is 0 Å². The Morgan fingerprint density at radius 1 is 1.09 bits per heavy atom. The minimum atomic E-state index is 0.210. The lowest BCUT2D eigenvalue weighted by Crippen LogP contribution is -2.23. The van der Waals surface area contributed by atoms with Crippen molar-refractivity contribution in [3.8, 4) is 0 Å². The number of nitrogens with two attached hydrogens (primary N) is 1. The van der Waals surface area contributed by atoms with E-state index in [1.54, 1.807) is 11.3 Å². The van der Waals surface area contributed by atoms with Crippen LogP contribution in [0.25, 0.3) is 0 Å². The number of aliphatic imine (C=N–C) groups is 1. The van der Waals surface area contributed by atoms with Gasteiger partial charge in [0.1, 0.15) is 11.7 Å². The summed E-state index contributed by atoms with van der Waals surface area (Å²) in [6.45, 7) is 5.39. The van der Waals surface area contributed by atoms with Crippen molar-refractivity contribution < 1.29 is 0 Å². The summed E-state index contributed by atoms with van der Waals surface area (Å²) in [5.74, 6) is 1.57. The van der Waals surface area contributed by atoms with Gasteiger partial charge < -0.3 is 10.6 Å². The van der Waals surface area contributed by atoms with Crippen molar-refractivity contribution in [1.82, 2.24) is 4.98 Å². The van der Waals surface area contributed by atoms with Crippen LogP contribution in [0.2, 0.25) is 0 Å². The number of amidine groups is 1. The van der Waals surface area contributed by atoms with E-state index in [1.165, 1.54) is 11.1 Å². The summed E-state index contributed by atoms with van der Waals surface area (Å²) in [7, 11) is 0. The molecule has 2 heterocycles. The summed E-state index contributed by atoms with van der Waals surface area (Å²) in [5, 5.41) is 9.53. The number of thiazole rings is 1. The zero-order valence-electron chi connectivity index (χ0n) is 19.8. The Labute approximate surface area is 205 Å². The van der Waals surface area contributed by atoms with Crippen LogP contribution in [-0.4, -0.2) is 23.1 Å². The van der Waals surface area contributed by atoms with E-state index in [-0.39, 0.29) is 5.92 Å². The first-order chi connectivity index (χ1) is 16.6. The zero-order valence-corrected chi connectivity index (χ0v) is 20.6. The van der Waals surface area contributed by atoms with Crippen LogP contribution in [0.5, 0.6) is 0 Å². The molecular weight excluding hydrogens is 438 g/mol. The second-order valence-corrected chi connectivity index (χ2v) is 10.1. The number of rotatable bonds is 7. The van der Waals surface area contributed by atoms with Gasteiger partial charge in [-0.3, -0.25) is 5.41 Å². The molecule has 1 aromatic heterocycles. The molecule has 5 nitrogen and oxygen atoms in total. The highest BCUT2D eigenvalue weighted by Crippen LogP contribution is 2.47. The van der Waals surface area contributed by atoms with Gasteiger partial charge in [-0.05, 0) is 48.4 Å². The first kappa shape index (κ1) is 22.5. The minimum Gasteiger partial charge on any atom is -0.382 e. The monoisotopic (exact) mass is 469 g/mol. The van der Waals surface area contributed by atoms with E-state index in [9.17, 15) is 0 Å². The Bertz CT molecular complexity index is 1240. The molecule has 2 atom stereocenters. The molecule has 3 aromatic rings. The first-order valence-electron chi connectivity index (χ1n) is 12.1. The van der Waals surface area contributed by atoms with E-state index < -0.39 is 0 Å². The third-order valence-corrected chi connectivity index (χ3v) is 7.97. The summed E-state index contributed by atoms with van der Waals surface area (Å²) in [6, 6.07) is 21.0. The average Bonchev–Trinajstić information content (AvgIpc) is 3.40. The smallest absolute Gasteiger partial charge is 0.192 e. The standard InChI is InChI=1S/C28H31N5S/c1-3-4-17-33(20-13-9-6-10-14-20)28-32-27(30)25(34-28)24-23-21(26(29)31-24)16-15-18(2)22(23)19-11-7-5-8-12-19/h5-14,18,22,29H,3-4,15-17,30H2,1-2H3. The number of hydrogen-bond donors (Lipinski definition) is 2. The highest BCUT2D eigenvalue weighted by atomic mass is 32.1. The van der Waals surface area contributed by atoms with Gasteiger partial charge in [0.2, 0.25) is 0 Å². The highest BCUT2D eigenvalue weighted by molar-refractivity contribution is 7.18. The minimum absolute atomic E-state index is 0.210. The Balaban J connectivity index is 1.57. The molecule has 2 aliphatic rings. The number of unbranched alkanes of at least 4 members (excludes halogenated alkanes) is 1. The number of hydrogen-bond acceptors (Lipinski definition) is 5. The third kappa shape index (κ3) is 4.07. The van der Waals surface area contributed by atoms with Crippen LogP contribution in [0.1, 0.15) is 55.9 Å². The summed E-state index contributed by atoms with van der Waals surface area (Å²) in [6.07, 6.45) is 4.13. The molecule has 0 spiro atoms. The van der Waals surface area contributed by atoms with Gasteiger partial charge in [0.05, 0.1) is 10.6 Å². The normalized spacial score (nSPS) is 19.8. The number of allylic oxidation sites excluding steroid dienone is 1. The fourth-order valence-electron chi connectivity index (χ4n) is 5.11. The molecule has 0 saturated carbocycles. The number of nitrogen functional groups attached to an aromatic ring is 1. The van der Waals surface area contributed by atoms with E-state index in [0.717, 1.165) is 59.2 Å². The Morgan fingerprint density at radius 2 is 1.79 bits per heavy atom. The van der Waals surface area contributed by atoms with Gasteiger partial charge in [-0.2, -0.15) is 0 Å². The van der Waals surface area contributed by atoms with Gasteiger partial charge in [-0.1, -0.05) is 80.1 Å². The van der Waals surface area contributed by atoms with Crippen LogP contribution in [0.15, 0.2) is 76.8 Å². The summed E-state index contributed by atoms with van der Waals surface area (Å²) >= 11 is 1.59. The zero-order chi connectivity index (χ0) is 23.7. The van der Waals surface area contributed by atoms with Crippen molar-refractivity contribution in [3.63, 3.8) is 0 Å². The fourth-order valence-corrected chi connectivity index (χ4v) is 6.15. The van der Waals surface area contributed by atoms with Gasteiger partial charge >= 0.3 is 0 Å². The third-order valence-electron chi connectivity index (χ3n) is 6.87. The number of para-hydroxylation sites is 1. The molecule has 6 heteroatoms. The van der Waals surface area contributed by atoms with E-state index >= 15 is 0 Å². The van der Waals surface area contributed by atoms with Crippen molar-refractivity contribution in [3.05, 3.63) is 82.3 Å². The molecule has 2 unspecified atom stereocenters. The van der Waals surface area contributed by atoms with Crippen molar-refractivity contribution >= 4 is 39.5 Å². The van der Waals surface area contributed by atoms with Crippen LogP contribution in [-0.2, 0) is 0 Å². The van der Waals surface area contributed by atoms with Crippen LogP contribution in [0, 0.1) is 11.3 Å². The highest BCUT2D eigenvalue weighted by Gasteiger charge is 2.39. The van der Waals surface area contributed by atoms with Gasteiger partial charge in [0.25, 0.3) is 0 Å². The molecule has 174 valence electrons. The number of anilines is 3. The lowest BCUT2D eigenvalue weighted by molar-refractivity contribution is 0.456. The SMILES string of the molecule is CCCCN(c1ccccc1)c1nc(N)c(C2=NC(=N)C3=C2C(c2ccccc2)C(C)CC3)s1. The van der Waals surface area contributed by atoms with Crippen LogP contribution in [0.4, 0.5) is 16.6 Å².